The summed E-state index contributed by atoms with van der Waals surface area (Å²) in [4.78, 5) is 20.8. The first-order chi connectivity index (χ1) is 5.74. The number of carbonyl (C=O) groups is 2. The van der Waals surface area contributed by atoms with Gasteiger partial charge in [0.25, 0.3) is 0 Å². The Morgan fingerprint density at radius 1 is 1.75 bits per heavy atom. The summed E-state index contributed by atoms with van der Waals surface area (Å²) in [5.74, 6) is -0.618. The second kappa shape index (κ2) is 6.60. The van der Waals surface area contributed by atoms with E-state index in [1.54, 1.807) is 6.92 Å². The van der Waals surface area contributed by atoms with Crippen LogP contribution in [0.3, 0.4) is 0 Å². The molecule has 0 bridgehead atoms. The number of alkyl carbamates (subject to hydrolysis) is 1. The Morgan fingerprint density at radius 2 is 2.42 bits per heavy atom. The first-order valence-corrected chi connectivity index (χ1v) is 3.71. The molecule has 0 rings (SSSR count). The fourth-order valence-corrected chi connectivity index (χ4v) is 0.513. The number of amides is 1. The molecule has 1 amide bonds. The van der Waals surface area contributed by atoms with E-state index >= 15 is 0 Å². The van der Waals surface area contributed by atoms with Gasteiger partial charge in [-0.2, -0.15) is 0 Å². The summed E-state index contributed by atoms with van der Waals surface area (Å²) in [6.45, 7) is 1.85. The highest BCUT2D eigenvalue weighted by Crippen LogP contribution is 1.91. The molecule has 70 valence electrons. The van der Waals surface area contributed by atoms with Crippen molar-refractivity contribution >= 4 is 12.4 Å². The molecular weight excluding hydrogens is 162 g/mol. The van der Waals surface area contributed by atoms with E-state index < -0.39 is 12.0 Å². The van der Waals surface area contributed by atoms with Gasteiger partial charge in [-0.1, -0.05) is 0 Å². The van der Waals surface area contributed by atoms with Gasteiger partial charge in [-0.15, -0.1) is 0 Å². The highest BCUT2D eigenvalue weighted by atomic mass is 16.5. The van der Waals surface area contributed by atoms with Gasteiger partial charge in [0.1, 0.15) is 12.9 Å². The number of hydrogen-bond acceptors (Lipinski definition) is 4. The Morgan fingerprint density at radius 3 is 2.83 bits per heavy atom. The number of ether oxygens (including phenoxy) is 1. The summed E-state index contributed by atoms with van der Waals surface area (Å²) in [7, 11) is 0. The maximum atomic E-state index is 10.6. The minimum absolute atomic E-state index is 0.0775. The Labute approximate surface area is 70.7 Å². The molecule has 12 heavy (non-hydrogen) atoms. The number of aldehydes is 1. The number of aliphatic hydroxyl groups is 1. The largest absolute Gasteiger partial charge is 0.449 e. The standard InChI is InChI=1S/C7H13NO4/c1-2-8-7(11)12-5-6(3-9)4-10/h3,6,10H,2,4-5H2,1H3,(H,8,11). The van der Waals surface area contributed by atoms with Crippen molar-refractivity contribution in [2.45, 2.75) is 6.92 Å². The van der Waals surface area contributed by atoms with E-state index in [1.165, 1.54) is 0 Å². The summed E-state index contributed by atoms with van der Waals surface area (Å²) in [5, 5.41) is 10.9. The third-order valence-corrected chi connectivity index (χ3v) is 1.18. The van der Waals surface area contributed by atoms with Gasteiger partial charge in [0.05, 0.1) is 12.5 Å². The number of hydrogen-bond donors (Lipinski definition) is 2. The summed E-state index contributed by atoms with van der Waals surface area (Å²) in [6, 6.07) is 0. The maximum absolute atomic E-state index is 10.6. The van der Waals surface area contributed by atoms with Crippen molar-refractivity contribution in [2.24, 2.45) is 5.92 Å². The Balaban J connectivity index is 3.51. The van der Waals surface area contributed by atoms with Crippen LogP contribution in [0.2, 0.25) is 0 Å². The third-order valence-electron chi connectivity index (χ3n) is 1.18. The molecule has 0 spiro atoms. The van der Waals surface area contributed by atoms with Gasteiger partial charge in [-0.25, -0.2) is 4.79 Å². The molecule has 5 heteroatoms. The van der Waals surface area contributed by atoms with Crippen molar-refractivity contribution in [3.63, 3.8) is 0 Å². The molecule has 0 saturated heterocycles. The first-order valence-electron chi connectivity index (χ1n) is 3.71. The van der Waals surface area contributed by atoms with Crippen LogP contribution in [-0.4, -0.2) is 37.2 Å². The normalized spacial score (nSPS) is 11.8. The second-order valence-electron chi connectivity index (χ2n) is 2.21. The smallest absolute Gasteiger partial charge is 0.407 e. The van der Waals surface area contributed by atoms with Crippen molar-refractivity contribution in [1.82, 2.24) is 5.32 Å². The fraction of sp³-hybridized carbons (Fsp3) is 0.714. The summed E-state index contributed by atoms with van der Waals surface area (Å²) in [5.41, 5.74) is 0. The lowest BCUT2D eigenvalue weighted by atomic mass is 10.2. The minimum atomic E-state index is -0.618. The van der Waals surface area contributed by atoms with Gasteiger partial charge in [0.15, 0.2) is 0 Å². The Kier molecular flexibility index (Phi) is 6.00. The van der Waals surface area contributed by atoms with Gasteiger partial charge in [0, 0.05) is 6.54 Å². The predicted molar refractivity (Wildman–Crippen MR) is 41.7 cm³/mol. The van der Waals surface area contributed by atoms with E-state index in [1.807, 2.05) is 0 Å². The number of carbonyl (C=O) groups excluding carboxylic acids is 2. The average Bonchev–Trinajstić information content (AvgIpc) is 2.07. The summed E-state index contributed by atoms with van der Waals surface area (Å²) >= 11 is 0. The molecule has 0 aliphatic rings. The predicted octanol–water partition coefficient (Wildman–Crippen LogP) is -0.460. The molecule has 0 aromatic heterocycles. The van der Waals surface area contributed by atoms with Gasteiger partial charge >= 0.3 is 6.09 Å². The van der Waals surface area contributed by atoms with Crippen LogP contribution < -0.4 is 5.32 Å². The van der Waals surface area contributed by atoms with E-state index in [4.69, 9.17) is 5.11 Å². The van der Waals surface area contributed by atoms with E-state index in [2.05, 4.69) is 10.1 Å². The molecule has 0 aromatic rings. The van der Waals surface area contributed by atoms with E-state index in [9.17, 15) is 9.59 Å². The van der Waals surface area contributed by atoms with Crippen LogP contribution in [0.1, 0.15) is 6.92 Å². The van der Waals surface area contributed by atoms with Gasteiger partial charge < -0.3 is 20.0 Å². The molecule has 0 aromatic carbocycles. The van der Waals surface area contributed by atoms with E-state index in [-0.39, 0.29) is 13.2 Å². The van der Waals surface area contributed by atoms with Crippen LogP contribution in [0.5, 0.6) is 0 Å². The topological polar surface area (TPSA) is 75.6 Å². The Bertz CT molecular complexity index is 148. The average molecular weight is 175 g/mol. The van der Waals surface area contributed by atoms with Crippen molar-refractivity contribution in [2.75, 3.05) is 19.8 Å². The zero-order valence-electron chi connectivity index (χ0n) is 6.95. The van der Waals surface area contributed by atoms with Crippen LogP contribution in [0.4, 0.5) is 4.79 Å². The lowest BCUT2D eigenvalue weighted by Crippen LogP contribution is -2.27. The molecule has 0 radical (unpaired) electrons. The zero-order chi connectivity index (χ0) is 9.40. The van der Waals surface area contributed by atoms with Crippen LogP contribution in [-0.2, 0) is 9.53 Å². The van der Waals surface area contributed by atoms with E-state index in [0.29, 0.717) is 12.8 Å². The van der Waals surface area contributed by atoms with E-state index in [0.717, 1.165) is 0 Å². The second-order valence-corrected chi connectivity index (χ2v) is 2.21. The maximum Gasteiger partial charge on any atom is 0.407 e. The number of rotatable bonds is 5. The highest BCUT2D eigenvalue weighted by molar-refractivity contribution is 5.67. The van der Waals surface area contributed by atoms with Crippen LogP contribution >= 0.6 is 0 Å². The van der Waals surface area contributed by atoms with Crippen LogP contribution in [0, 0.1) is 5.92 Å². The molecular formula is C7H13NO4. The number of aliphatic hydroxyl groups excluding tert-OH is 1. The third kappa shape index (κ3) is 4.68. The van der Waals surface area contributed by atoms with Gasteiger partial charge in [-0.3, -0.25) is 0 Å². The molecule has 0 saturated carbocycles. The quantitative estimate of drug-likeness (QED) is 0.554. The molecule has 1 atom stereocenters. The monoisotopic (exact) mass is 175 g/mol. The minimum Gasteiger partial charge on any atom is -0.449 e. The van der Waals surface area contributed by atoms with Crippen molar-refractivity contribution in [1.29, 1.82) is 0 Å². The van der Waals surface area contributed by atoms with Crippen molar-refractivity contribution in [3.05, 3.63) is 0 Å². The Hall–Kier alpha value is -1.10. The summed E-state index contributed by atoms with van der Waals surface area (Å²) in [6.07, 6.45) is -0.0167. The molecule has 0 aliphatic heterocycles. The number of nitrogens with one attached hydrogen (secondary N) is 1. The van der Waals surface area contributed by atoms with Crippen LogP contribution in [0.25, 0.3) is 0 Å². The van der Waals surface area contributed by atoms with Crippen LogP contribution in [0.15, 0.2) is 0 Å². The van der Waals surface area contributed by atoms with Crippen molar-refractivity contribution in [3.8, 4) is 0 Å². The molecule has 2 N–H and O–H groups in total. The first kappa shape index (κ1) is 10.9. The lowest BCUT2D eigenvalue weighted by molar-refractivity contribution is -0.113. The molecule has 0 fully saturated rings. The zero-order valence-corrected chi connectivity index (χ0v) is 6.95. The van der Waals surface area contributed by atoms with Crippen molar-refractivity contribution < 1.29 is 19.4 Å². The molecule has 0 heterocycles. The SMILES string of the molecule is CCNC(=O)OCC(C=O)CO. The fourth-order valence-electron chi connectivity index (χ4n) is 0.513. The van der Waals surface area contributed by atoms with Gasteiger partial charge in [-0.05, 0) is 6.92 Å². The van der Waals surface area contributed by atoms with Gasteiger partial charge in [0.2, 0.25) is 0 Å². The highest BCUT2D eigenvalue weighted by Gasteiger charge is 2.08. The molecule has 5 nitrogen and oxygen atoms in total. The molecule has 1 unspecified atom stereocenters. The lowest BCUT2D eigenvalue weighted by Gasteiger charge is -2.07. The molecule has 0 aliphatic carbocycles. The summed E-state index contributed by atoms with van der Waals surface area (Å²) < 4.78 is 4.59.